The lowest BCUT2D eigenvalue weighted by Crippen LogP contribution is -2.39. The maximum absolute atomic E-state index is 12.7. The van der Waals surface area contributed by atoms with Gasteiger partial charge in [0, 0.05) is 20.1 Å². The van der Waals surface area contributed by atoms with E-state index in [1.807, 2.05) is 6.07 Å². The molecule has 1 amide bonds. The van der Waals surface area contributed by atoms with Crippen molar-refractivity contribution in [2.75, 3.05) is 33.4 Å². The summed E-state index contributed by atoms with van der Waals surface area (Å²) in [6, 6.07) is 8.35. The molecule has 0 spiro atoms. The monoisotopic (exact) mass is 333 g/mol. The zero-order valence-electron chi connectivity index (χ0n) is 14.6. The molecule has 5 heteroatoms. The zero-order chi connectivity index (χ0) is 17.4. The molecule has 1 aromatic carbocycles. The lowest BCUT2D eigenvalue weighted by molar-refractivity contribution is -0.149. The quantitative estimate of drug-likeness (QED) is 0.686. The summed E-state index contributed by atoms with van der Waals surface area (Å²) in [5.41, 5.74) is 2.62. The van der Waals surface area contributed by atoms with E-state index in [0.29, 0.717) is 26.2 Å². The number of nitrogens with zero attached hydrogens (tertiary/aromatic N) is 1. The fourth-order valence-corrected chi connectivity index (χ4v) is 3.26. The molecule has 1 atom stereocenters. The van der Waals surface area contributed by atoms with Crippen LogP contribution in [0.1, 0.15) is 43.2 Å². The van der Waals surface area contributed by atoms with Crippen molar-refractivity contribution in [2.45, 2.75) is 38.5 Å². The molecule has 0 saturated heterocycles. The number of benzene rings is 1. The van der Waals surface area contributed by atoms with Gasteiger partial charge in [0.1, 0.15) is 6.54 Å². The fourth-order valence-electron chi connectivity index (χ4n) is 3.26. The number of esters is 1. The molecule has 1 aliphatic rings. The lowest BCUT2D eigenvalue weighted by Gasteiger charge is -2.28. The van der Waals surface area contributed by atoms with E-state index in [1.165, 1.54) is 11.1 Å². The number of methoxy groups -OCH3 is 1. The van der Waals surface area contributed by atoms with Crippen LogP contribution in [0.4, 0.5) is 0 Å². The highest BCUT2D eigenvalue weighted by Crippen LogP contribution is 2.34. The second kappa shape index (κ2) is 9.42. The van der Waals surface area contributed by atoms with E-state index in [-0.39, 0.29) is 24.3 Å². The van der Waals surface area contributed by atoms with Crippen LogP contribution in [0.2, 0.25) is 0 Å². The van der Waals surface area contributed by atoms with Gasteiger partial charge in [-0.15, -0.1) is 0 Å². The lowest BCUT2D eigenvalue weighted by atomic mass is 9.81. The van der Waals surface area contributed by atoms with Gasteiger partial charge in [0.05, 0.1) is 13.2 Å². The first-order valence-corrected chi connectivity index (χ1v) is 8.65. The Morgan fingerprint density at radius 1 is 1.29 bits per heavy atom. The van der Waals surface area contributed by atoms with Crippen molar-refractivity contribution < 1.29 is 19.1 Å². The average Bonchev–Trinajstić information content (AvgIpc) is 2.59. The minimum absolute atomic E-state index is 0.00952. The van der Waals surface area contributed by atoms with Gasteiger partial charge in [-0.25, -0.2) is 0 Å². The molecule has 2 rings (SSSR count). The SMILES string of the molecule is CCOC(=O)CN(CCOC)C(=O)CC1CCCc2ccccc21. The Labute approximate surface area is 143 Å². The molecule has 24 heavy (non-hydrogen) atoms. The van der Waals surface area contributed by atoms with Crippen molar-refractivity contribution >= 4 is 11.9 Å². The number of carbonyl (C=O) groups excluding carboxylic acids is 2. The average molecular weight is 333 g/mol. The molecular weight excluding hydrogens is 306 g/mol. The maximum Gasteiger partial charge on any atom is 0.325 e. The first-order valence-electron chi connectivity index (χ1n) is 8.65. The van der Waals surface area contributed by atoms with Gasteiger partial charge in [0.25, 0.3) is 0 Å². The van der Waals surface area contributed by atoms with Crippen LogP contribution in [0.15, 0.2) is 24.3 Å². The molecule has 0 N–H and O–H groups in total. The van der Waals surface area contributed by atoms with E-state index < -0.39 is 0 Å². The van der Waals surface area contributed by atoms with Gasteiger partial charge in [-0.05, 0) is 43.2 Å². The Bertz CT molecular complexity index is 558. The van der Waals surface area contributed by atoms with E-state index in [9.17, 15) is 9.59 Å². The first kappa shape index (κ1) is 18.5. The van der Waals surface area contributed by atoms with Crippen LogP contribution in [-0.4, -0.2) is 50.2 Å². The van der Waals surface area contributed by atoms with E-state index in [1.54, 1.807) is 18.9 Å². The molecule has 0 bridgehead atoms. The largest absolute Gasteiger partial charge is 0.465 e. The van der Waals surface area contributed by atoms with Gasteiger partial charge in [-0.2, -0.15) is 0 Å². The van der Waals surface area contributed by atoms with Gasteiger partial charge in [0.15, 0.2) is 0 Å². The number of rotatable bonds is 8. The van der Waals surface area contributed by atoms with Gasteiger partial charge >= 0.3 is 5.97 Å². The predicted molar refractivity (Wildman–Crippen MR) is 91.8 cm³/mol. The number of hydrogen-bond donors (Lipinski definition) is 0. The van der Waals surface area contributed by atoms with Crippen LogP contribution >= 0.6 is 0 Å². The van der Waals surface area contributed by atoms with E-state index in [2.05, 4.69) is 18.2 Å². The molecular formula is C19H27NO4. The van der Waals surface area contributed by atoms with Crippen LogP contribution in [0, 0.1) is 0 Å². The number of hydrogen-bond acceptors (Lipinski definition) is 4. The summed E-state index contributed by atoms with van der Waals surface area (Å²) in [6.45, 7) is 2.89. The molecule has 0 radical (unpaired) electrons. The third kappa shape index (κ3) is 5.06. The van der Waals surface area contributed by atoms with Gasteiger partial charge in [-0.3, -0.25) is 9.59 Å². The van der Waals surface area contributed by atoms with Crippen LogP contribution in [0.5, 0.6) is 0 Å². The minimum Gasteiger partial charge on any atom is -0.465 e. The summed E-state index contributed by atoms with van der Waals surface area (Å²) in [6.07, 6.45) is 3.63. The number of ether oxygens (including phenoxy) is 2. The Kier molecular flexibility index (Phi) is 7.25. The third-order valence-electron chi connectivity index (χ3n) is 4.46. The molecule has 1 aromatic rings. The van der Waals surface area contributed by atoms with Crippen molar-refractivity contribution in [3.63, 3.8) is 0 Å². The normalized spacial score (nSPS) is 16.3. The molecule has 5 nitrogen and oxygen atoms in total. The van der Waals surface area contributed by atoms with Crippen LogP contribution < -0.4 is 0 Å². The summed E-state index contributed by atoms with van der Waals surface area (Å²) in [5, 5.41) is 0. The summed E-state index contributed by atoms with van der Waals surface area (Å²) < 4.78 is 10.0. The summed E-state index contributed by atoms with van der Waals surface area (Å²) in [7, 11) is 1.59. The number of aryl methyl sites for hydroxylation is 1. The molecule has 0 heterocycles. The van der Waals surface area contributed by atoms with Crippen molar-refractivity contribution in [3.05, 3.63) is 35.4 Å². The summed E-state index contributed by atoms with van der Waals surface area (Å²) in [5.74, 6) is -0.150. The minimum atomic E-state index is -0.369. The Morgan fingerprint density at radius 2 is 2.08 bits per heavy atom. The highest BCUT2D eigenvalue weighted by atomic mass is 16.5. The van der Waals surface area contributed by atoms with E-state index >= 15 is 0 Å². The third-order valence-corrected chi connectivity index (χ3v) is 4.46. The highest BCUT2D eigenvalue weighted by molar-refractivity contribution is 5.82. The molecule has 132 valence electrons. The molecule has 0 aromatic heterocycles. The topological polar surface area (TPSA) is 55.8 Å². The van der Waals surface area contributed by atoms with Gasteiger partial charge < -0.3 is 14.4 Å². The van der Waals surface area contributed by atoms with E-state index in [4.69, 9.17) is 9.47 Å². The van der Waals surface area contributed by atoms with Crippen molar-refractivity contribution in [1.82, 2.24) is 4.90 Å². The number of fused-ring (bicyclic) bond motifs is 1. The fraction of sp³-hybridized carbons (Fsp3) is 0.579. The van der Waals surface area contributed by atoms with Crippen molar-refractivity contribution in [1.29, 1.82) is 0 Å². The Morgan fingerprint density at radius 3 is 2.83 bits per heavy atom. The second-order valence-corrected chi connectivity index (χ2v) is 6.11. The first-order chi connectivity index (χ1) is 11.7. The molecule has 0 saturated carbocycles. The highest BCUT2D eigenvalue weighted by Gasteiger charge is 2.25. The number of carbonyl (C=O) groups is 2. The van der Waals surface area contributed by atoms with Gasteiger partial charge in [-0.1, -0.05) is 24.3 Å². The zero-order valence-corrected chi connectivity index (χ0v) is 14.6. The maximum atomic E-state index is 12.7. The van der Waals surface area contributed by atoms with E-state index in [0.717, 1.165) is 19.3 Å². The van der Waals surface area contributed by atoms with Crippen LogP contribution in [-0.2, 0) is 25.5 Å². The smallest absolute Gasteiger partial charge is 0.325 e. The second-order valence-electron chi connectivity index (χ2n) is 6.11. The predicted octanol–water partition coefficient (Wildman–Crippen LogP) is 2.53. The molecule has 0 fully saturated rings. The van der Waals surface area contributed by atoms with Crippen molar-refractivity contribution in [3.8, 4) is 0 Å². The summed E-state index contributed by atoms with van der Waals surface area (Å²) >= 11 is 0. The van der Waals surface area contributed by atoms with Crippen LogP contribution in [0.3, 0.4) is 0 Å². The number of amides is 1. The van der Waals surface area contributed by atoms with Crippen molar-refractivity contribution in [2.24, 2.45) is 0 Å². The Balaban J connectivity index is 2.03. The molecule has 1 aliphatic carbocycles. The standard InChI is InChI=1S/C19H27NO4/c1-3-24-19(22)14-20(11-12-23-2)18(21)13-16-9-6-8-15-7-4-5-10-17(15)16/h4-5,7,10,16H,3,6,8-9,11-14H2,1-2H3. The Hall–Kier alpha value is -1.88. The molecule has 1 unspecified atom stereocenters. The van der Waals surface area contributed by atoms with Gasteiger partial charge in [0.2, 0.25) is 5.91 Å². The van der Waals surface area contributed by atoms with Crippen LogP contribution in [0.25, 0.3) is 0 Å². The summed E-state index contributed by atoms with van der Waals surface area (Å²) in [4.78, 5) is 26.0. The molecule has 0 aliphatic heterocycles.